The summed E-state index contributed by atoms with van der Waals surface area (Å²) in [5, 5.41) is 0. The van der Waals surface area contributed by atoms with E-state index in [4.69, 9.17) is 0 Å². The van der Waals surface area contributed by atoms with Crippen LogP contribution < -0.4 is 4.90 Å². The van der Waals surface area contributed by atoms with Crippen LogP contribution in [0.1, 0.15) is 31.9 Å². The number of esters is 1. The van der Waals surface area contributed by atoms with Crippen LogP contribution in [-0.2, 0) is 19.7 Å². The average molecular weight is 263 g/mol. The number of hydrogen-bond donors (Lipinski definition) is 0. The van der Waals surface area contributed by atoms with Crippen molar-refractivity contribution in [3.63, 3.8) is 0 Å². The first kappa shape index (κ1) is 15.2. The van der Waals surface area contributed by atoms with Gasteiger partial charge in [-0.15, -0.1) is 0 Å². The fourth-order valence-corrected chi connectivity index (χ4v) is 1.77. The molecule has 0 aromatic heterocycles. The summed E-state index contributed by atoms with van der Waals surface area (Å²) in [5.41, 5.74) is 2.76. The van der Waals surface area contributed by atoms with E-state index in [2.05, 4.69) is 25.5 Å². The maximum absolute atomic E-state index is 11.8. The molecule has 4 heteroatoms. The number of carbonyl (C=O) groups is 2. The zero-order valence-corrected chi connectivity index (χ0v) is 12.4. The smallest absolute Gasteiger partial charge is 0.397 e. The van der Waals surface area contributed by atoms with Crippen molar-refractivity contribution >= 4 is 17.6 Å². The van der Waals surface area contributed by atoms with Gasteiger partial charge in [-0.3, -0.25) is 4.79 Å². The van der Waals surface area contributed by atoms with Crippen molar-refractivity contribution in [2.45, 2.75) is 33.1 Å². The lowest BCUT2D eigenvalue weighted by Crippen LogP contribution is -2.34. The van der Waals surface area contributed by atoms with Crippen molar-refractivity contribution in [1.29, 1.82) is 0 Å². The minimum absolute atomic E-state index is 0.0163. The summed E-state index contributed by atoms with van der Waals surface area (Å²) in [6.45, 7) is 8.21. The number of likely N-dealkylation sites (N-methyl/N-ethyl adjacent to an activating group) is 1. The summed E-state index contributed by atoms with van der Waals surface area (Å²) >= 11 is 0. The molecular formula is C15H21NO3. The second kappa shape index (κ2) is 5.43. The standard InChI is InChI=1S/C15H21NO3/c1-10-7-8-11(15(2,3)4)9-12(10)16(5)13(17)14(18)19-6/h7-9H,1-6H3. The first-order valence-corrected chi connectivity index (χ1v) is 6.15. The minimum atomic E-state index is -0.858. The van der Waals surface area contributed by atoms with Crippen LogP contribution in [-0.4, -0.2) is 26.0 Å². The number of nitrogens with zero attached hydrogens (tertiary/aromatic N) is 1. The Bertz CT molecular complexity index is 501. The molecule has 0 aliphatic rings. The molecule has 0 aliphatic carbocycles. The monoisotopic (exact) mass is 263 g/mol. The van der Waals surface area contributed by atoms with Crippen molar-refractivity contribution in [3.8, 4) is 0 Å². The Hall–Kier alpha value is -1.84. The molecule has 19 heavy (non-hydrogen) atoms. The number of amides is 1. The van der Waals surface area contributed by atoms with Crippen LogP contribution in [0.15, 0.2) is 18.2 Å². The second-order valence-electron chi connectivity index (χ2n) is 5.61. The van der Waals surface area contributed by atoms with Gasteiger partial charge in [0.15, 0.2) is 0 Å². The molecule has 1 amide bonds. The summed E-state index contributed by atoms with van der Waals surface area (Å²) < 4.78 is 4.46. The SMILES string of the molecule is COC(=O)C(=O)N(C)c1cc(C(C)(C)C)ccc1C. The topological polar surface area (TPSA) is 46.6 Å². The summed E-state index contributed by atoms with van der Waals surface area (Å²) in [6.07, 6.45) is 0. The predicted molar refractivity (Wildman–Crippen MR) is 75.3 cm³/mol. The third kappa shape index (κ3) is 3.34. The van der Waals surface area contributed by atoms with Crippen LogP contribution in [0.25, 0.3) is 0 Å². The first-order chi connectivity index (χ1) is 8.68. The van der Waals surface area contributed by atoms with Crippen molar-refractivity contribution in [3.05, 3.63) is 29.3 Å². The predicted octanol–water partition coefficient (Wildman–Crippen LogP) is 2.43. The zero-order chi connectivity index (χ0) is 14.8. The molecule has 0 radical (unpaired) electrons. The van der Waals surface area contributed by atoms with E-state index in [0.29, 0.717) is 0 Å². The summed E-state index contributed by atoms with van der Waals surface area (Å²) in [5.74, 6) is -1.53. The highest BCUT2D eigenvalue weighted by molar-refractivity contribution is 6.38. The Balaban J connectivity index is 3.19. The highest BCUT2D eigenvalue weighted by Crippen LogP contribution is 2.28. The Labute approximate surface area is 114 Å². The number of ether oxygens (including phenoxy) is 1. The van der Waals surface area contributed by atoms with Gasteiger partial charge in [0, 0.05) is 12.7 Å². The molecule has 1 aromatic carbocycles. The van der Waals surface area contributed by atoms with E-state index in [1.165, 1.54) is 12.0 Å². The normalized spacial score (nSPS) is 11.1. The zero-order valence-electron chi connectivity index (χ0n) is 12.4. The summed E-state index contributed by atoms with van der Waals surface area (Å²) in [7, 11) is 2.78. The molecule has 1 rings (SSSR count). The average Bonchev–Trinajstić information content (AvgIpc) is 2.35. The van der Waals surface area contributed by atoms with E-state index in [0.717, 1.165) is 16.8 Å². The summed E-state index contributed by atoms with van der Waals surface area (Å²) in [6, 6.07) is 5.93. The molecule has 0 atom stereocenters. The van der Waals surface area contributed by atoms with Gasteiger partial charge in [-0.05, 0) is 29.5 Å². The van der Waals surface area contributed by atoms with Crippen molar-refractivity contribution in [2.24, 2.45) is 0 Å². The molecule has 0 spiro atoms. The highest BCUT2D eigenvalue weighted by Gasteiger charge is 2.23. The van der Waals surface area contributed by atoms with Gasteiger partial charge >= 0.3 is 11.9 Å². The van der Waals surface area contributed by atoms with Gasteiger partial charge in [0.1, 0.15) is 0 Å². The number of aryl methyl sites for hydroxylation is 1. The van der Waals surface area contributed by atoms with E-state index in [-0.39, 0.29) is 5.41 Å². The number of methoxy groups -OCH3 is 1. The van der Waals surface area contributed by atoms with Crippen LogP contribution in [0.5, 0.6) is 0 Å². The van der Waals surface area contributed by atoms with Gasteiger partial charge in [-0.1, -0.05) is 32.9 Å². The lowest BCUT2D eigenvalue weighted by Gasteiger charge is -2.24. The molecule has 0 saturated heterocycles. The molecule has 1 aromatic rings. The third-order valence-corrected chi connectivity index (χ3v) is 3.10. The molecule has 0 aliphatic heterocycles. The fourth-order valence-electron chi connectivity index (χ4n) is 1.77. The molecule has 0 heterocycles. The van der Waals surface area contributed by atoms with E-state index in [1.54, 1.807) is 7.05 Å². The Morgan fingerprint density at radius 2 is 1.79 bits per heavy atom. The number of rotatable bonds is 1. The number of hydrogen-bond acceptors (Lipinski definition) is 3. The van der Waals surface area contributed by atoms with E-state index >= 15 is 0 Å². The molecule has 0 unspecified atom stereocenters. The molecule has 0 fully saturated rings. The van der Waals surface area contributed by atoms with Gasteiger partial charge in [0.2, 0.25) is 0 Å². The maximum atomic E-state index is 11.8. The number of benzene rings is 1. The van der Waals surface area contributed by atoms with Crippen molar-refractivity contribution < 1.29 is 14.3 Å². The van der Waals surface area contributed by atoms with Gasteiger partial charge in [0.05, 0.1) is 7.11 Å². The number of anilines is 1. The van der Waals surface area contributed by atoms with Gasteiger partial charge in [-0.25, -0.2) is 4.79 Å². The lowest BCUT2D eigenvalue weighted by atomic mass is 9.86. The minimum Gasteiger partial charge on any atom is -0.462 e. The van der Waals surface area contributed by atoms with Gasteiger partial charge in [0.25, 0.3) is 0 Å². The number of carbonyl (C=O) groups excluding carboxylic acids is 2. The van der Waals surface area contributed by atoms with Gasteiger partial charge < -0.3 is 9.64 Å². The lowest BCUT2D eigenvalue weighted by molar-refractivity contribution is -0.151. The molecule has 0 bridgehead atoms. The van der Waals surface area contributed by atoms with Crippen LogP contribution >= 0.6 is 0 Å². The second-order valence-corrected chi connectivity index (χ2v) is 5.61. The Kier molecular flexibility index (Phi) is 4.35. The maximum Gasteiger partial charge on any atom is 0.397 e. The molecular weight excluding hydrogens is 242 g/mol. The van der Waals surface area contributed by atoms with Crippen LogP contribution in [0, 0.1) is 6.92 Å². The fraction of sp³-hybridized carbons (Fsp3) is 0.467. The van der Waals surface area contributed by atoms with E-state index < -0.39 is 11.9 Å². The molecule has 0 saturated carbocycles. The molecule has 4 nitrogen and oxygen atoms in total. The molecule has 0 N–H and O–H groups in total. The van der Waals surface area contributed by atoms with Crippen LogP contribution in [0.2, 0.25) is 0 Å². The van der Waals surface area contributed by atoms with Crippen LogP contribution in [0.3, 0.4) is 0 Å². The van der Waals surface area contributed by atoms with Crippen molar-refractivity contribution in [2.75, 3.05) is 19.1 Å². The van der Waals surface area contributed by atoms with Crippen molar-refractivity contribution in [1.82, 2.24) is 0 Å². The van der Waals surface area contributed by atoms with E-state index in [9.17, 15) is 9.59 Å². The quantitative estimate of drug-likeness (QED) is 0.577. The largest absolute Gasteiger partial charge is 0.462 e. The first-order valence-electron chi connectivity index (χ1n) is 6.15. The summed E-state index contributed by atoms with van der Waals surface area (Å²) in [4.78, 5) is 24.5. The molecule has 104 valence electrons. The van der Waals surface area contributed by atoms with Gasteiger partial charge in [-0.2, -0.15) is 0 Å². The Morgan fingerprint density at radius 3 is 2.26 bits per heavy atom. The van der Waals surface area contributed by atoms with Crippen LogP contribution in [0.4, 0.5) is 5.69 Å². The highest BCUT2D eigenvalue weighted by atomic mass is 16.5. The Morgan fingerprint density at radius 1 is 1.21 bits per heavy atom. The van der Waals surface area contributed by atoms with E-state index in [1.807, 2.05) is 25.1 Å². The third-order valence-electron chi connectivity index (χ3n) is 3.10.